The zero-order chi connectivity index (χ0) is 24.6. The van der Waals surface area contributed by atoms with Crippen LogP contribution in [0.15, 0.2) is 42.9 Å². The van der Waals surface area contributed by atoms with E-state index in [0.29, 0.717) is 40.1 Å². The Bertz CT molecular complexity index is 1630. The molecular formula is C27H22FN5O3. The largest absolute Gasteiger partial charge is 0.491 e. The van der Waals surface area contributed by atoms with Crippen LogP contribution in [0.5, 0.6) is 5.75 Å². The van der Waals surface area contributed by atoms with E-state index >= 15 is 4.39 Å². The Balaban J connectivity index is 1.16. The molecule has 0 bridgehead atoms. The Morgan fingerprint density at radius 1 is 1.19 bits per heavy atom. The number of amides is 1. The van der Waals surface area contributed by atoms with Crippen LogP contribution in [-0.4, -0.2) is 52.0 Å². The fourth-order valence-corrected chi connectivity index (χ4v) is 5.40. The van der Waals surface area contributed by atoms with Crippen molar-refractivity contribution in [1.82, 2.24) is 19.3 Å². The van der Waals surface area contributed by atoms with Crippen molar-refractivity contribution >= 4 is 28.3 Å². The van der Waals surface area contributed by atoms with Gasteiger partial charge in [0.2, 0.25) is 0 Å². The quantitative estimate of drug-likeness (QED) is 0.441. The maximum absolute atomic E-state index is 15.1. The highest BCUT2D eigenvalue weighted by molar-refractivity contribution is 5.98. The van der Waals surface area contributed by atoms with E-state index in [-0.39, 0.29) is 24.0 Å². The third-order valence-corrected chi connectivity index (χ3v) is 7.59. The summed E-state index contributed by atoms with van der Waals surface area (Å²) in [5.41, 5.74) is 9.15. The lowest BCUT2D eigenvalue weighted by atomic mass is 10.0. The van der Waals surface area contributed by atoms with E-state index in [1.54, 1.807) is 24.0 Å². The van der Waals surface area contributed by atoms with Crippen molar-refractivity contribution in [3.8, 4) is 17.6 Å². The van der Waals surface area contributed by atoms with Crippen molar-refractivity contribution < 1.29 is 18.7 Å². The smallest absolute Gasteiger partial charge is 0.257 e. The number of halogens is 1. The molecule has 4 aromatic rings. The zero-order valence-electron chi connectivity index (χ0n) is 19.4. The molecule has 1 aliphatic carbocycles. The summed E-state index contributed by atoms with van der Waals surface area (Å²) in [5, 5.41) is 0. The molecule has 0 radical (unpaired) electrons. The van der Waals surface area contributed by atoms with E-state index in [1.165, 1.54) is 17.0 Å². The van der Waals surface area contributed by atoms with Gasteiger partial charge in [-0.05, 0) is 18.2 Å². The van der Waals surface area contributed by atoms with Crippen LogP contribution in [0.3, 0.4) is 0 Å². The Labute approximate surface area is 205 Å². The molecule has 7 rings (SSSR count). The highest BCUT2D eigenvalue weighted by Gasteiger charge is 2.53. The molecule has 2 aliphatic heterocycles. The molecule has 0 spiro atoms. The van der Waals surface area contributed by atoms with Crippen molar-refractivity contribution in [3.05, 3.63) is 65.4 Å². The second kappa shape index (κ2) is 7.67. The molecule has 3 atom stereocenters. The summed E-state index contributed by atoms with van der Waals surface area (Å²) >= 11 is 0. The summed E-state index contributed by atoms with van der Waals surface area (Å²) in [6, 6.07) is 8.19. The van der Waals surface area contributed by atoms with Crippen LogP contribution in [0.1, 0.15) is 27.5 Å². The van der Waals surface area contributed by atoms with Crippen LogP contribution < -0.4 is 10.5 Å². The minimum absolute atomic E-state index is 0.0542. The zero-order valence-corrected chi connectivity index (χ0v) is 19.4. The number of ether oxygens (including phenoxy) is 2. The molecule has 1 amide bonds. The van der Waals surface area contributed by atoms with Gasteiger partial charge in [-0.15, -0.1) is 0 Å². The summed E-state index contributed by atoms with van der Waals surface area (Å²) in [4.78, 5) is 23.3. The molecule has 2 aromatic heterocycles. The molecule has 3 aliphatic rings. The number of nitrogens with two attached hydrogens (primary N) is 1. The summed E-state index contributed by atoms with van der Waals surface area (Å²) in [5.74, 6) is 8.05. The second-order valence-electron chi connectivity index (χ2n) is 9.62. The second-order valence-corrected chi connectivity index (χ2v) is 9.62. The van der Waals surface area contributed by atoms with Crippen molar-refractivity contribution in [2.45, 2.75) is 6.04 Å². The van der Waals surface area contributed by atoms with E-state index < -0.39 is 11.7 Å². The highest BCUT2D eigenvalue weighted by Crippen LogP contribution is 2.50. The number of anilines is 1. The SMILES string of the molecule is CN(C(=O)c1cc2c(cc1F)nc(N)c1cncn12)[C@@H]1COc2cc(C#CC3C4COCC34)ccc21. The van der Waals surface area contributed by atoms with Crippen molar-refractivity contribution in [3.63, 3.8) is 0 Å². The van der Waals surface area contributed by atoms with E-state index in [1.807, 2.05) is 18.2 Å². The summed E-state index contributed by atoms with van der Waals surface area (Å²) in [6.45, 7) is 1.92. The molecule has 36 heavy (non-hydrogen) atoms. The Morgan fingerprint density at radius 3 is 2.86 bits per heavy atom. The van der Waals surface area contributed by atoms with Gasteiger partial charge < -0.3 is 20.1 Å². The first kappa shape index (κ1) is 21.1. The topological polar surface area (TPSA) is 95.0 Å². The van der Waals surface area contributed by atoms with Gasteiger partial charge in [0.15, 0.2) is 0 Å². The number of fused-ring (bicyclic) bond motifs is 5. The molecule has 9 heteroatoms. The van der Waals surface area contributed by atoms with Gasteiger partial charge in [0.05, 0.1) is 48.4 Å². The lowest BCUT2D eigenvalue weighted by molar-refractivity contribution is 0.0704. The third-order valence-electron chi connectivity index (χ3n) is 7.59. The van der Waals surface area contributed by atoms with Crippen molar-refractivity contribution in [2.75, 3.05) is 32.6 Å². The number of rotatable bonds is 2. The predicted molar refractivity (Wildman–Crippen MR) is 130 cm³/mol. The van der Waals surface area contributed by atoms with Crippen LogP contribution >= 0.6 is 0 Å². The molecule has 1 saturated carbocycles. The maximum atomic E-state index is 15.1. The number of aromatic nitrogens is 3. The van der Waals surface area contributed by atoms with Crippen LogP contribution in [0.2, 0.25) is 0 Å². The van der Waals surface area contributed by atoms with Gasteiger partial charge in [0.25, 0.3) is 5.91 Å². The first-order valence-electron chi connectivity index (χ1n) is 11.8. The van der Waals surface area contributed by atoms with Crippen LogP contribution in [0, 0.1) is 35.4 Å². The van der Waals surface area contributed by atoms with Gasteiger partial charge in [-0.2, -0.15) is 0 Å². The Hall–Kier alpha value is -4.16. The van der Waals surface area contributed by atoms with Gasteiger partial charge in [0.1, 0.15) is 29.5 Å². The Morgan fingerprint density at radius 2 is 2.03 bits per heavy atom. The van der Waals surface area contributed by atoms with Crippen molar-refractivity contribution in [2.24, 2.45) is 17.8 Å². The lowest BCUT2D eigenvalue weighted by Crippen LogP contribution is -2.32. The number of nitrogens with zero attached hydrogens (tertiary/aromatic N) is 4. The summed E-state index contributed by atoms with van der Waals surface area (Å²) < 4.78 is 28.1. The molecule has 8 nitrogen and oxygen atoms in total. The van der Waals surface area contributed by atoms with Gasteiger partial charge in [-0.3, -0.25) is 9.20 Å². The van der Waals surface area contributed by atoms with E-state index in [4.69, 9.17) is 15.2 Å². The fraction of sp³-hybridized carbons (Fsp3) is 0.296. The van der Waals surface area contributed by atoms with Crippen LogP contribution in [0.25, 0.3) is 16.6 Å². The number of nitrogen functional groups attached to an aromatic ring is 1. The van der Waals surface area contributed by atoms with Gasteiger partial charge >= 0.3 is 0 Å². The van der Waals surface area contributed by atoms with E-state index in [9.17, 15) is 4.79 Å². The van der Waals surface area contributed by atoms with Crippen LogP contribution in [-0.2, 0) is 4.74 Å². The average Bonchev–Trinajstić information content (AvgIpc) is 3.37. The average molecular weight is 484 g/mol. The fourth-order valence-electron chi connectivity index (χ4n) is 5.40. The monoisotopic (exact) mass is 483 g/mol. The van der Waals surface area contributed by atoms with Gasteiger partial charge in [-0.25, -0.2) is 14.4 Å². The highest BCUT2D eigenvalue weighted by atomic mass is 19.1. The first-order valence-corrected chi connectivity index (χ1v) is 11.8. The summed E-state index contributed by atoms with van der Waals surface area (Å²) in [6.07, 6.45) is 3.14. The van der Waals surface area contributed by atoms with E-state index in [0.717, 1.165) is 24.3 Å². The molecule has 180 valence electrons. The molecular weight excluding hydrogens is 461 g/mol. The van der Waals surface area contributed by atoms with Crippen molar-refractivity contribution in [1.29, 1.82) is 0 Å². The number of hydrogen-bond donors (Lipinski definition) is 1. The normalized spacial score (nSPS) is 23.6. The number of carbonyl (C=O) groups is 1. The maximum Gasteiger partial charge on any atom is 0.257 e. The predicted octanol–water partition coefficient (Wildman–Crippen LogP) is 3.05. The summed E-state index contributed by atoms with van der Waals surface area (Å²) in [7, 11) is 1.66. The molecule has 2 unspecified atom stereocenters. The third kappa shape index (κ3) is 3.14. The molecule has 2 aromatic carbocycles. The first-order chi connectivity index (χ1) is 17.5. The molecule has 2 fully saturated rings. The minimum atomic E-state index is -0.661. The molecule has 4 heterocycles. The lowest BCUT2D eigenvalue weighted by Gasteiger charge is -2.24. The van der Waals surface area contributed by atoms with Crippen LogP contribution in [0.4, 0.5) is 10.2 Å². The van der Waals surface area contributed by atoms with Gasteiger partial charge in [0, 0.05) is 42.0 Å². The minimum Gasteiger partial charge on any atom is -0.491 e. The number of carbonyl (C=O) groups excluding carboxylic acids is 1. The standard InChI is InChI=1S/C27H22FN5O3/c1-32(27(34)17-7-22-21(8-20(17)28)31-26(29)23-9-30-13-33(22)23)24-12-36-25-6-14(3-5-16(24)25)2-4-15-18-10-35-11-19(15)18/h3,5-9,13,15,18-19,24H,10-12H2,1H3,(H2,29,31)/t15?,18?,19?,24-/m1/s1. The number of imidazole rings is 1. The number of hydrogen-bond acceptors (Lipinski definition) is 6. The van der Waals surface area contributed by atoms with Gasteiger partial charge in [-0.1, -0.05) is 17.9 Å². The molecule has 1 saturated heterocycles. The number of likely N-dealkylation sites (N-methyl/N-ethyl adjacent to an activating group) is 1. The number of benzene rings is 2. The Kier molecular flexibility index (Phi) is 4.51. The van der Waals surface area contributed by atoms with E-state index in [2.05, 4.69) is 21.8 Å². The molecule has 2 N–H and O–H groups in total.